The fourth-order valence-electron chi connectivity index (χ4n) is 1.29. The zero-order valence-electron chi connectivity index (χ0n) is 9.50. The normalized spacial score (nSPS) is 9.00. The molecule has 0 aliphatic rings. The summed E-state index contributed by atoms with van der Waals surface area (Å²) in [5.41, 5.74) is 0.835. The van der Waals surface area contributed by atoms with Crippen molar-refractivity contribution in [1.29, 1.82) is 0 Å². The Morgan fingerprint density at radius 1 is 1.00 bits per heavy atom. The van der Waals surface area contributed by atoms with Crippen LogP contribution in [-0.2, 0) is 6.61 Å². The summed E-state index contributed by atoms with van der Waals surface area (Å²) in [6, 6.07) is 13.5. The van der Waals surface area contributed by atoms with Gasteiger partial charge in [0.15, 0.2) is 17.4 Å². The predicted octanol–water partition coefficient (Wildman–Crippen LogP) is -0.0328. The Hall–Kier alpha value is -0.654. The largest absolute Gasteiger partial charge is 2.00 e. The van der Waals surface area contributed by atoms with E-state index in [2.05, 4.69) is 6.07 Å². The van der Waals surface area contributed by atoms with E-state index in [0.717, 1.165) is 17.7 Å². The van der Waals surface area contributed by atoms with E-state index in [0.29, 0.717) is 0 Å². The molecule has 0 radical (unpaired) electrons. The molecule has 0 saturated carbocycles. The Bertz CT molecular complexity index is 459. The quantitative estimate of drug-likeness (QED) is 0.569. The van der Waals surface area contributed by atoms with Crippen LogP contribution in [-0.4, -0.2) is 23.1 Å². The van der Waals surface area contributed by atoms with E-state index in [4.69, 9.17) is 4.74 Å². The van der Waals surface area contributed by atoms with E-state index in [9.17, 15) is 8.78 Å². The number of ether oxygens (including phenoxy) is 1. The van der Waals surface area contributed by atoms with Crippen LogP contribution < -0.4 is 21.7 Å². The average Bonchev–Trinajstić information content (AvgIpc) is 2.30. The Kier molecular flexibility index (Phi) is 8.14. The Balaban J connectivity index is 0.00000144. The van der Waals surface area contributed by atoms with Gasteiger partial charge in [-0.05, 0) is 12.1 Å². The standard InChI is InChI=1S/C13H9F2O.BrH.Mg/c14-11-7-4-8-12(15)13(11)16-9-10-5-2-1-3-6-10;;/h2-8H,9H2;1H;/q-1;;+2/p-1. The average molecular weight is 323 g/mol. The van der Waals surface area contributed by atoms with Gasteiger partial charge in [-0.15, -0.1) is 5.56 Å². The first kappa shape index (κ1) is 17.3. The van der Waals surface area contributed by atoms with E-state index in [1.54, 1.807) is 24.3 Å². The van der Waals surface area contributed by atoms with Crippen LogP contribution in [0.15, 0.2) is 42.5 Å². The molecule has 0 fully saturated rings. The maximum atomic E-state index is 13.2. The topological polar surface area (TPSA) is 9.23 Å². The second kappa shape index (κ2) is 8.45. The molecule has 18 heavy (non-hydrogen) atoms. The van der Waals surface area contributed by atoms with E-state index < -0.39 is 11.6 Å². The van der Waals surface area contributed by atoms with Crippen LogP contribution in [0.1, 0.15) is 5.56 Å². The zero-order valence-corrected chi connectivity index (χ0v) is 12.5. The predicted molar refractivity (Wildman–Crippen MR) is 61.7 cm³/mol. The molecule has 0 heterocycles. The van der Waals surface area contributed by atoms with Crippen molar-refractivity contribution in [3.63, 3.8) is 0 Å². The molecule has 2 aromatic rings. The Morgan fingerprint density at radius 3 is 2.11 bits per heavy atom. The fraction of sp³-hybridized carbons (Fsp3) is 0.0769. The van der Waals surface area contributed by atoms with Gasteiger partial charge in [-0.3, -0.25) is 0 Å². The number of hydrogen-bond acceptors (Lipinski definition) is 1. The van der Waals surface area contributed by atoms with Crippen molar-refractivity contribution < 1.29 is 30.5 Å². The summed E-state index contributed by atoms with van der Waals surface area (Å²) in [5, 5.41) is 0. The maximum Gasteiger partial charge on any atom is 2.00 e. The van der Waals surface area contributed by atoms with Gasteiger partial charge in [-0.1, -0.05) is 6.07 Å². The molecule has 0 bridgehead atoms. The van der Waals surface area contributed by atoms with Gasteiger partial charge in [0, 0.05) is 0 Å². The number of rotatable bonds is 3. The van der Waals surface area contributed by atoms with E-state index in [1.165, 1.54) is 6.07 Å². The molecule has 0 aliphatic carbocycles. The third-order valence-corrected chi connectivity index (χ3v) is 2.09. The molecular weight excluding hydrogens is 314 g/mol. The van der Waals surface area contributed by atoms with Gasteiger partial charge in [0.1, 0.15) is 0 Å². The van der Waals surface area contributed by atoms with E-state index >= 15 is 0 Å². The van der Waals surface area contributed by atoms with Crippen LogP contribution >= 0.6 is 0 Å². The van der Waals surface area contributed by atoms with Gasteiger partial charge in [0.05, 0.1) is 6.61 Å². The molecular formula is C13H9BrF2MgO. The summed E-state index contributed by atoms with van der Waals surface area (Å²) in [6.45, 7) is 0.131. The van der Waals surface area contributed by atoms with Crippen LogP contribution in [0.2, 0.25) is 0 Å². The molecule has 0 amide bonds. The van der Waals surface area contributed by atoms with Crippen molar-refractivity contribution in [2.75, 3.05) is 0 Å². The summed E-state index contributed by atoms with van der Waals surface area (Å²) in [4.78, 5) is 0. The van der Waals surface area contributed by atoms with Crippen molar-refractivity contribution in [2.24, 2.45) is 0 Å². The van der Waals surface area contributed by atoms with Crippen LogP contribution in [0.3, 0.4) is 0 Å². The molecule has 0 aliphatic heterocycles. The van der Waals surface area contributed by atoms with Crippen LogP contribution in [0, 0.1) is 17.7 Å². The van der Waals surface area contributed by atoms with E-state index in [1.807, 2.05) is 0 Å². The molecule has 0 spiro atoms. The van der Waals surface area contributed by atoms with Gasteiger partial charge < -0.3 is 21.7 Å². The minimum absolute atomic E-state index is 0. The first-order valence-electron chi connectivity index (χ1n) is 4.79. The molecule has 0 saturated heterocycles. The van der Waals surface area contributed by atoms with Gasteiger partial charge in [-0.2, -0.15) is 30.3 Å². The second-order valence-electron chi connectivity index (χ2n) is 3.25. The van der Waals surface area contributed by atoms with Crippen molar-refractivity contribution >= 4 is 23.1 Å². The minimum atomic E-state index is -0.692. The first-order valence-corrected chi connectivity index (χ1v) is 4.79. The van der Waals surface area contributed by atoms with Crippen LogP contribution in [0.4, 0.5) is 8.78 Å². The number of para-hydroxylation sites is 1. The minimum Gasteiger partial charge on any atom is -1.00 e. The summed E-state index contributed by atoms with van der Waals surface area (Å²) in [6.07, 6.45) is 0. The zero-order chi connectivity index (χ0) is 11.4. The fourth-order valence-corrected chi connectivity index (χ4v) is 1.29. The third-order valence-electron chi connectivity index (χ3n) is 2.09. The molecule has 2 aromatic carbocycles. The van der Waals surface area contributed by atoms with Gasteiger partial charge in [-0.25, -0.2) is 8.78 Å². The molecule has 0 N–H and O–H groups in total. The molecule has 1 nitrogen and oxygen atoms in total. The molecule has 0 aromatic heterocycles. The number of benzene rings is 2. The SMILES string of the molecule is Fc1cccc(F)c1OCc1cc[c-]cc1.[Br-].[Mg+2]. The Morgan fingerprint density at radius 2 is 1.56 bits per heavy atom. The van der Waals surface area contributed by atoms with Crippen molar-refractivity contribution in [3.05, 3.63) is 65.7 Å². The van der Waals surface area contributed by atoms with Crippen molar-refractivity contribution in [1.82, 2.24) is 0 Å². The van der Waals surface area contributed by atoms with Gasteiger partial charge in [0.2, 0.25) is 0 Å². The monoisotopic (exact) mass is 322 g/mol. The number of hydrogen-bond donors (Lipinski definition) is 0. The molecule has 90 valence electrons. The van der Waals surface area contributed by atoms with Gasteiger partial charge >= 0.3 is 23.1 Å². The summed E-state index contributed by atoms with van der Waals surface area (Å²) < 4.78 is 31.5. The maximum absolute atomic E-state index is 13.2. The Labute approximate surface area is 131 Å². The summed E-state index contributed by atoms with van der Waals surface area (Å²) in [7, 11) is 0. The second-order valence-corrected chi connectivity index (χ2v) is 3.25. The van der Waals surface area contributed by atoms with Crippen molar-refractivity contribution in [2.45, 2.75) is 6.61 Å². The van der Waals surface area contributed by atoms with Crippen LogP contribution in [0.25, 0.3) is 0 Å². The smallest absolute Gasteiger partial charge is 1.00 e. The number of halogens is 3. The molecule has 2 rings (SSSR count). The van der Waals surface area contributed by atoms with E-state index in [-0.39, 0.29) is 52.4 Å². The summed E-state index contributed by atoms with van der Waals surface area (Å²) in [5.74, 6) is -1.72. The van der Waals surface area contributed by atoms with Gasteiger partial charge in [0.25, 0.3) is 0 Å². The first-order chi connectivity index (χ1) is 7.77. The summed E-state index contributed by atoms with van der Waals surface area (Å²) >= 11 is 0. The molecule has 0 atom stereocenters. The molecule has 0 unspecified atom stereocenters. The third kappa shape index (κ3) is 4.55. The molecule has 5 heteroatoms. The van der Waals surface area contributed by atoms with Crippen molar-refractivity contribution in [3.8, 4) is 5.75 Å². The van der Waals surface area contributed by atoms with Crippen LogP contribution in [0.5, 0.6) is 5.75 Å².